The fourth-order valence-electron chi connectivity index (χ4n) is 3.06. The smallest absolute Gasteiger partial charge is 0.303 e. The number of hydrogen-bond donors (Lipinski definition) is 2. The molecule has 5 heteroatoms. The van der Waals surface area contributed by atoms with Gasteiger partial charge in [-0.15, -0.1) is 0 Å². The van der Waals surface area contributed by atoms with Crippen LogP contribution in [0.3, 0.4) is 0 Å². The van der Waals surface area contributed by atoms with Gasteiger partial charge in [-0.3, -0.25) is 9.59 Å². The van der Waals surface area contributed by atoms with Crippen molar-refractivity contribution in [1.29, 1.82) is 0 Å². The lowest BCUT2D eigenvalue weighted by Crippen LogP contribution is -2.14. The lowest BCUT2D eigenvalue weighted by atomic mass is 10.0. The molecule has 0 aliphatic carbocycles. The third-order valence-corrected chi connectivity index (χ3v) is 4.69. The second-order valence-corrected chi connectivity index (χ2v) is 7.33. The van der Waals surface area contributed by atoms with E-state index in [4.69, 9.17) is 9.84 Å². The van der Waals surface area contributed by atoms with Crippen LogP contribution in [0.15, 0.2) is 54.1 Å². The minimum absolute atomic E-state index is 0.0495. The van der Waals surface area contributed by atoms with Crippen LogP contribution in [-0.2, 0) is 16.0 Å². The molecule has 0 bridgehead atoms. The fraction of sp³-hybridized carbons (Fsp3) is 0.360. The summed E-state index contributed by atoms with van der Waals surface area (Å²) in [5.74, 6) is -0.523. The molecule has 2 aromatic rings. The molecule has 0 unspecified atom stereocenters. The Morgan fingerprint density at radius 2 is 1.87 bits per heavy atom. The molecular weight excluding hydrogens is 378 g/mol. The van der Waals surface area contributed by atoms with Gasteiger partial charge in [0.15, 0.2) is 0 Å². The molecule has 0 heterocycles. The summed E-state index contributed by atoms with van der Waals surface area (Å²) in [6.07, 6.45) is 6.98. The maximum absolute atomic E-state index is 12.7. The Kier molecular flexibility index (Phi) is 9.65. The van der Waals surface area contributed by atoms with Crippen LogP contribution in [0.25, 0.3) is 6.08 Å². The highest BCUT2D eigenvalue weighted by atomic mass is 16.5. The molecule has 0 spiro atoms. The van der Waals surface area contributed by atoms with E-state index in [0.29, 0.717) is 23.4 Å². The minimum atomic E-state index is -0.851. The number of nitrogens with one attached hydrogen (secondary N) is 1. The Labute approximate surface area is 178 Å². The first-order chi connectivity index (χ1) is 14.5. The van der Waals surface area contributed by atoms with E-state index in [1.54, 1.807) is 19.1 Å². The van der Waals surface area contributed by atoms with E-state index in [-0.39, 0.29) is 18.9 Å². The van der Waals surface area contributed by atoms with Gasteiger partial charge in [-0.1, -0.05) is 56.2 Å². The van der Waals surface area contributed by atoms with Gasteiger partial charge in [0.05, 0.1) is 12.3 Å². The van der Waals surface area contributed by atoms with Gasteiger partial charge in [-0.25, -0.2) is 0 Å². The number of carbonyl (C=O) groups excluding carboxylic acids is 1. The summed E-state index contributed by atoms with van der Waals surface area (Å²) in [4.78, 5) is 23.3. The Hall–Kier alpha value is -3.08. The van der Waals surface area contributed by atoms with Gasteiger partial charge in [-0.2, -0.15) is 0 Å². The summed E-state index contributed by atoms with van der Waals surface area (Å²) < 4.78 is 5.65. The van der Waals surface area contributed by atoms with Crippen LogP contribution in [0.4, 0.5) is 5.69 Å². The molecule has 160 valence electrons. The average molecular weight is 410 g/mol. The standard InChI is InChI=1S/C25H31NO4/c1-3-4-5-10-20-11-8-12-21(18-20)17-19(2)25(29)26-22-13-6-7-14-23(22)30-16-9-15-24(27)28/h6-8,11-14,17-18H,3-5,9-10,15-16H2,1-2H3,(H,26,29)(H,27,28). The van der Waals surface area contributed by atoms with Crippen molar-refractivity contribution in [2.45, 2.75) is 52.4 Å². The SMILES string of the molecule is CCCCCc1cccc(C=C(C)C(=O)Nc2ccccc2OCCCC(=O)O)c1. The molecule has 0 aliphatic rings. The number of anilines is 1. The number of hydrogen-bond acceptors (Lipinski definition) is 3. The molecule has 1 amide bonds. The second-order valence-electron chi connectivity index (χ2n) is 7.33. The molecule has 0 radical (unpaired) electrons. The number of carbonyl (C=O) groups is 2. The predicted octanol–water partition coefficient (Wildman–Crippen LogP) is 5.70. The van der Waals surface area contributed by atoms with Crippen LogP contribution < -0.4 is 10.1 Å². The Balaban J connectivity index is 2.00. The van der Waals surface area contributed by atoms with Crippen LogP contribution in [0.5, 0.6) is 5.75 Å². The van der Waals surface area contributed by atoms with E-state index in [1.165, 1.54) is 24.8 Å². The largest absolute Gasteiger partial charge is 0.491 e. The number of para-hydroxylation sites is 2. The Morgan fingerprint density at radius 3 is 2.63 bits per heavy atom. The summed E-state index contributed by atoms with van der Waals surface area (Å²) in [5, 5.41) is 11.6. The van der Waals surface area contributed by atoms with E-state index in [9.17, 15) is 9.59 Å². The zero-order valence-electron chi connectivity index (χ0n) is 17.8. The molecule has 0 saturated carbocycles. The van der Waals surface area contributed by atoms with E-state index in [1.807, 2.05) is 30.3 Å². The highest BCUT2D eigenvalue weighted by molar-refractivity contribution is 6.06. The second kappa shape index (κ2) is 12.5. The van der Waals surface area contributed by atoms with Gasteiger partial charge in [0.25, 0.3) is 5.91 Å². The first-order valence-electron chi connectivity index (χ1n) is 10.5. The van der Waals surface area contributed by atoms with Crippen molar-refractivity contribution in [2.24, 2.45) is 0 Å². The highest BCUT2D eigenvalue weighted by Gasteiger charge is 2.10. The predicted molar refractivity (Wildman–Crippen MR) is 121 cm³/mol. The normalized spacial score (nSPS) is 11.2. The summed E-state index contributed by atoms with van der Waals surface area (Å²) in [7, 11) is 0. The third-order valence-electron chi connectivity index (χ3n) is 4.69. The molecule has 0 aromatic heterocycles. The summed E-state index contributed by atoms with van der Waals surface area (Å²) in [5.41, 5.74) is 3.46. The van der Waals surface area contributed by atoms with Crippen molar-refractivity contribution >= 4 is 23.6 Å². The number of aliphatic carboxylic acids is 1. The molecular formula is C25H31NO4. The van der Waals surface area contributed by atoms with Gasteiger partial charge >= 0.3 is 5.97 Å². The van der Waals surface area contributed by atoms with Crippen molar-refractivity contribution < 1.29 is 19.4 Å². The van der Waals surface area contributed by atoms with Crippen LogP contribution in [0.1, 0.15) is 57.1 Å². The molecule has 0 fully saturated rings. The number of carboxylic acids is 1. The van der Waals surface area contributed by atoms with Crippen LogP contribution in [0, 0.1) is 0 Å². The van der Waals surface area contributed by atoms with Crippen LogP contribution in [-0.4, -0.2) is 23.6 Å². The van der Waals surface area contributed by atoms with Gasteiger partial charge in [0.2, 0.25) is 0 Å². The Bertz CT molecular complexity index is 873. The van der Waals surface area contributed by atoms with Crippen molar-refractivity contribution in [3.8, 4) is 5.75 Å². The molecule has 0 atom stereocenters. The minimum Gasteiger partial charge on any atom is -0.491 e. The molecule has 2 rings (SSSR count). The summed E-state index contributed by atoms with van der Waals surface area (Å²) in [6, 6.07) is 15.4. The molecule has 0 aliphatic heterocycles. The zero-order chi connectivity index (χ0) is 21.8. The van der Waals surface area contributed by atoms with E-state index >= 15 is 0 Å². The number of rotatable bonds is 12. The number of aryl methyl sites for hydroxylation is 1. The summed E-state index contributed by atoms with van der Waals surface area (Å²) in [6.45, 7) is 4.26. The molecule has 5 nitrogen and oxygen atoms in total. The lowest BCUT2D eigenvalue weighted by Gasteiger charge is -2.12. The maximum Gasteiger partial charge on any atom is 0.303 e. The van der Waals surface area contributed by atoms with Gasteiger partial charge < -0.3 is 15.2 Å². The van der Waals surface area contributed by atoms with E-state index < -0.39 is 5.97 Å². The molecule has 2 N–H and O–H groups in total. The fourth-order valence-corrected chi connectivity index (χ4v) is 3.06. The number of unbranched alkanes of at least 4 members (excludes halogenated alkanes) is 2. The molecule has 2 aromatic carbocycles. The third kappa shape index (κ3) is 8.11. The van der Waals surface area contributed by atoms with Gasteiger partial charge in [0, 0.05) is 12.0 Å². The monoisotopic (exact) mass is 409 g/mol. The molecule has 30 heavy (non-hydrogen) atoms. The van der Waals surface area contributed by atoms with E-state index in [0.717, 1.165) is 12.0 Å². The van der Waals surface area contributed by atoms with Crippen LogP contribution >= 0.6 is 0 Å². The summed E-state index contributed by atoms with van der Waals surface area (Å²) >= 11 is 0. The highest BCUT2D eigenvalue weighted by Crippen LogP contribution is 2.25. The first kappa shape index (κ1) is 23.2. The van der Waals surface area contributed by atoms with Gasteiger partial charge in [-0.05, 0) is 55.5 Å². The average Bonchev–Trinajstić information content (AvgIpc) is 2.72. The number of ether oxygens (including phenoxy) is 1. The zero-order valence-corrected chi connectivity index (χ0v) is 17.8. The van der Waals surface area contributed by atoms with E-state index in [2.05, 4.69) is 24.4 Å². The topological polar surface area (TPSA) is 75.6 Å². The lowest BCUT2D eigenvalue weighted by molar-refractivity contribution is -0.137. The Morgan fingerprint density at radius 1 is 1.07 bits per heavy atom. The van der Waals surface area contributed by atoms with Crippen molar-refractivity contribution in [3.05, 3.63) is 65.2 Å². The van der Waals surface area contributed by atoms with Crippen molar-refractivity contribution in [2.75, 3.05) is 11.9 Å². The van der Waals surface area contributed by atoms with Crippen molar-refractivity contribution in [3.63, 3.8) is 0 Å². The van der Waals surface area contributed by atoms with Gasteiger partial charge in [0.1, 0.15) is 5.75 Å². The maximum atomic E-state index is 12.7. The number of carboxylic acid groups (broad SMARTS) is 1. The van der Waals surface area contributed by atoms with Crippen LogP contribution in [0.2, 0.25) is 0 Å². The van der Waals surface area contributed by atoms with Crippen molar-refractivity contribution in [1.82, 2.24) is 0 Å². The quantitative estimate of drug-likeness (QED) is 0.348. The number of amides is 1. The molecule has 0 saturated heterocycles. The first-order valence-corrected chi connectivity index (χ1v) is 10.5. The number of benzene rings is 2.